The smallest absolute Gasteiger partial charge is 0.331 e. The van der Waals surface area contributed by atoms with Crippen molar-refractivity contribution in [3.05, 3.63) is 18.0 Å². The van der Waals surface area contributed by atoms with E-state index in [2.05, 4.69) is 22.4 Å². The molecule has 2 rings (SSSR count). The van der Waals surface area contributed by atoms with Crippen molar-refractivity contribution in [2.24, 2.45) is 5.92 Å². The molecule has 0 radical (unpaired) electrons. The average molecular weight is 265 g/mol. The molecule has 0 aromatic carbocycles. The summed E-state index contributed by atoms with van der Waals surface area (Å²) >= 11 is 0. The standard InChI is InChI=1S/C13H19N3O3/c1-9-3-6-13(7-4-9,12(18)19-2)15-11(17)10-5-8-14-16-10/h5,8-9H,3-4,6-7H2,1-2H3,(H,14,16)(H,15,17). The summed E-state index contributed by atoms with van der Waals surface area (Å²) in [4.78, 5) is 24.1. The normalized spacial score (nSPS) is 26.7. The zero-order chi connectivity index (χ0) is 13.9. The Morgan fingerprint density at radius 2 is 2.16 bits per heavy atom. The molecule has 19 heavy (non-hydrogen) atoms. The second kappa shape index (κ2) is 5.42. The van der Waals surface area contributed by atoms with Crippen molar-refractivity contribution < 1.29 is 14.3 Å². The van der Waals surface area contributed by atoms with Gasteiger partial charge < -0.3 is 10.1 Å². The lowest BCUT2D eigenvalue weighted by Crippen LogP contribution is -2.56. The number of methoxy groups -OCH3 is 1. The number of carbonyl (C=O) groups is 2. The molecule has 0 aliphatic heterocycles. The number of aromatic amines is 1. The van der Waals surface area contributed by atoms with E-state index in [-0.39, 0.29) is 11.9 Å². The van der Waals surface area contributed by atoms with Crippen LogP contribution in [0, 0.1) is 5.92 Å². The van der Waals surface area contributed by atoms with Crippen molar-refractivity contribution in [1.82, 2.24) is 15.5 Å². The van der Waals surface area contributed by atoms with Crippen LogP contribution in [-0.2, 0) is 9.53 Å². The van der Waals surface area contributed by atoms with Gasteiger partial charge in [0.15, 0.2) is 0 Å². The van der Waals surface area contributed by atoms with Gasteiger partial charge in [-0.1, -0.05) is 6.92 Å². The zero-order valence-corrected chi connectivity index (χ0v) is 11.2. The van der Waals surface area contributed by atoms with Crippen LogP contribution in [0.5, 0.6) is 0 Å². The zero-order valence-electron chi connectivity index (χ0n) is 11.2. The Labute approximate surface area is 111 Å². The van der Waals surface area contributed by atoms with Gasteiger partial charge in [0.1, 0.15) is 11.2 Å². The van der Waals surface area contributed by atoms with E-state index in [4.69, 9.17) is 4.74 Å². The maximum absolute atomic E-state index is 12.1. The Kier molecular flexibility index (Phi) is 3.87. The summed E-state index contributed by atoms with van der Waals surface area (Å²) in [6.07, 6.45) is 4.53. The Balaban J connectivity index is 2.15. The first-order valence-corrected chi connectivity index (χ1v) is 6.48. The summed E-state index contributed by atoms with van der Waals surface area (Å²) in [5.41, 5.74) is -0.550. The molecule has 0 saturated heterocycles. The molecular weight excluding hydrogens is 246 g/mol. The van der Waals surface area contributed by atoms with E-state index in [1.54, 1.807) is 6.07 Å². The Bertz CT molecular complexity index is 448. The van der Waals surface area contributed by atoms with Crippen LogP contribution >= 0.6 is 0 Å². The minimum Gasteiger partial charge on any atom is -0.467 e. The molecule has 0 bridgehead atoms. The molecule has 1 fully saturated rings. The van der Waals surface area contributed by atoms with Crippen LogP contribution < -0.4 is 5.32 Å². The highest BCUT2D eigenvalue weighted by molar-refractivity contribution is 5.96. The number of ether oxygens (including phenoxy) is 1. The third-order valence-electron chi connectivity index (χ3n) is 3.80. The quantitative estimate of drug-likeness (QED) is 0.806. The Hall–Kier alpha value is -1.85. The van der Waals surface area contributed by atoms with Gasteiger partial charge in [-0.2, -0.15) is 5.10 Å². The van der Waals surface area contributed by atoms with Crippen molar-refractivity contribution in [2.75, 3.05) is 7.11 Å². The molecule has 1 saturated carbocycles. The summed E-state index contributed by atoms with van der Waals surface area (Å²) in [6.45, 7) is 2.15. The average Bonchev–Trinajstić information content (AvgIpc) is 2.95. The van der Waals surface area contributed by atoms with Gasteiger partial charge in [0, 0.05) is 6.20 Å². The number of nitrogens with one attached hydrogen (secondary N) is 2. The molecule has 1 aliphatic carbocycles. The largest absolute Gasteiger partial charge is 0.467 e. The molecule has 1 aromatic rings. The van der Waals surface area contributed by atoms with Crippen molar-refractivity contribution in [2.45, 2.75) is 38.1 Å². The monoisotopic (exact) mass is 265 g/mol. The number of hydrogen-bond acceptors (Lipinski definition) is 4. The van der Waals surface area contributed by atoms with Gasteiger partial charge in [-0.05, 0) is 37.7 Å². The summed E-state index contributed by atoms with van der Waals surface area (Å²) in [6, 6.07) is 1.58. The number of rotatable bonds is 3. The lowest BCUT2D eigenvalue weighted by atomic mass is 9.77. The maximum Gasteiger partial charge on any atom is 0.331 e. The molecule has 0 unspecified atom stereocenters. The van der Waals surface area contributed by atoms with E-state index >= 15 is 0 Å². The van der Waals surface area contributed by atoms with E-state index in [1.165, 1.54) is 13.3 Å². The molecular formula is C13H19N3O3. The van der Waals surface area contributed by atoms with Crippen molar-refractivity contribution in [1.29, 1.82) is 0 Å². The molecule has 1 amide bonds. The molecule has 104 valence electrons. The van der Waals surface area contributed by atoms with Crippen LogP contribution in [0.4, 0.5) is 0 Å². The number of amides is 1. The first-order valence-electron chi connectivity index (χ1n) is 6.48. The fourth-order valence-electron chi connectivity index (χ4n) is 2.50. The number of hydrogen-bond donors (Lipinski definition) is 2. The van der Waals surface area contributed by atoms with Crippen LogP contribution in [0.2, 0.25) is 0 Å². The van der Waals surface area contributed by atoms with Gasteiger partial charge in [-0.15, -0.1) is 0 Å². The summed E-state index contributed by atoms with van der Waals surface area (Å²) in [5, 5.41) is 9.15. The van der Waals surface area contributed by atoms with E-state index in [9.17, 15) is 9.59 Å². The lowest BCUT2D eigenvalue weighted by molar-refractivity contribution is -0.150. The first-order chi connectivity index (χ1) is 9.07. The number of H-pyrrole nitrogens is 1. The SMILES string of the molecule is COC(=O)C1(NC(=O)c2ccn[nH]2)CCC(C)CC1. The fourth-order valence-corrected chi connectivity index (χ4v) is 2.50. The minimum atomic E-state index is -0.899. The predicted molar refractivity (Wildman–Crippen MR) is 68.4 cm³/mol. The number of nitrogens with zero attached hydrogens (tertiary/aromatic N) is 1. The highest BCUT2D eigenvalue weighted by Gasteiger charge is 2.43. The summed E-state index contributed by atoms with van der Waals surface area (Å²) in [5.74, 6) is -0.119. The minimum absolute atomic E-state index is 0.322. The predicted octanol–water partition coefficient (Wildman–Crippen LogP) is 1.26. The van der Waals surface area contributed by atoms with Gasteiger partial charge in [0.25, 0.3) is 5.91 Å². The van der Waals surface area contributed by atoms with Gasteiger partial charge >= 0.3 is 5.97 Å². The molecule has 1 aromatic heterocycles. The fraction of sp³-hybridized carbons (Fsp3) is 0.615. The maximum atomic E-state index is 12.1. The molecule has 6 heteroatoms. The Morgan fingerprint density at radius 3 is 2.68 bits per heavy atom. The molecule has 2 N–H and O–H groups in total. The van der Waals surface area contributed by atoms with Crippen LogP contribution in [0.25, 0.3) is 0 Å². The van der Waals surface area contributed by atoms with E-state index in [0.717, 1.165) is 12.8 Å². The second-order valence-electron chi connectivity index (χ2n) is 5.18. The van der Waals surface area contributed by atoms with Gasteiger partial charge in [0.2, 0.25) is 0 Å². The van der Waals surface area contributed by atoms with Gasteiger partial charge in [0.05, 0.1) is 7.11 Å². The second-order valence-corrected chi connectivity index (χ2v) is 5.18. The topological polar surface area (TPSA) is 84.1 Å². The van der Waals surface area contributed by atoms with Crippen molar-refractivity contribution in [3.63, 3.8) is 0 Å². The molecule has 0 atom stereocenters. The highest BCUT2D eigenvalue weighted by atomic mass is 16.5. The van der Waals surface area contributed by atoms with Gasteiger partial charge in [-0.3, -0.25) is 9.89 Å². The third kappa shape index (κ3) is 2.77. The van der Waals surface area contributed by atoms with E-state index in [0.29, 0.717) is 24.5 Å². The highest BCUT2D eigenvalue weighted by Crippen LogP contribution is 2.33. The third-order valence-corrected chi connectivity index (χ3v) is 3.80. The first kappa shape index (κ1) is 13.6. The number of esters is 1. The van der Waals surface area contributed by atoms with Crippen LogP contribution in [-0.4, -0.2) is 34.7 Å². The van der Waals surface area contributed by atoms with E-state index in [1.807, 2.05) is 0 Å². The number of carbonyl (C=O) groups excluding carboxylic acids is 2. The molecule has 1 heterocycles. The van der Waals surface area contributed by atoms with Crippen molar-refractivity contribution >= 4 is 11.9 Å². The van der Waals surface area contributed by atoms with Crippen LogP contribution in [0.1, 0.15) is 43.1 Å². The number of aromatic nitrogens is 2. The van der Waals surface area contributed by atoms with E-state index < -0.39 is 5.54 Å². The van der Waals surface area contributed by atoms with Crippen LogP contribution in [0.15, 0.2) is 12.3 Å². The van der Waals surface area contributed by atoms with Crippen molar-refractivity contribution in [3.8, 4) is 0 Å². The molecule has 0 spiro atoms. The summed E-state index contributed by atoms with van der Waals surface area (Å²) in [7, 11) is 1.35. The van der Waals surface area contributed by atoms with Crippen LogP contribution in [0.3, 0.4) is 0 Å². The lowest BCUT2D eigenvalue weighted by Gasteiger charge is -2.37. The molecule has 6 nitrogen and oxygen atoms in total. The van der Waals surface area contributed by atoms with Gasteiger partial charge in [-0.25, -0.2) is 4.79 Å². The molecule has 1 aliphatic rings. The summed E-state index contributed by atoms with van der Waals surface area (Å²) < 4.78 is 4.87. The Morgan fingerprint density at radius 1 is 1.47 bits per heavy atom.